The van der Waals surface area contributed by atoms with Gasteiger partial charge in [-0.15, -0.1) is 0 Å². The highest BCUT2D eigenvalue weighted by Gasteiger charge is 2.06. The topological polar surface area (TPSA) is 89.3 Å². The summed E-state index contributed by atoms with van der Waals surface area (Å²) in [6.45, 7) is 0. The standard InChI is InChI=1S/C13H14N4O2/c1-19-10-6-4-9(5-7-10)13(18)17-16-12-11(14)3-2-8-15-12/h2-8H,14H2,1H3,(H,15,16)(H,17,18). The molecule has 1 heterocycles. The lowest BCUT2D eigenvalue weighted by Crippen LogP contribution is -2.30. The number of rotatable bonds is 4. The van der Waals surface area contributed by atoms with Crippen LogP contribution in [0.2, 0.25) is 0 Å². The van der Waals surface area contributed by atoms with E-state index in [-0.39, 0.29) is 5.91 Å². The van der Waals surface area contributed by atoms with Crippen molar-refractivity contribution in [3.05, 3.63) is 48.2 Å². The average Bonchev–Trinajstić information content (AvgIpc) is 2.46. The Kier molecular flexibility index (Phi) is 3.82. The number of amides is 1. The van der Waals surface area contributed by atoms with Gasteiger partial charge in [-0.3, -0.25) is 15.6 Å². The first-order chi connectivity index (χ1) is 9.20. The number of nitrogens with two attached hydrogens (primary N) is 1. The molecule has 0 saturated carbocycles. The summed E-state index contributed by atoms with van der Waals surface area (Å²) in [6, 6.07) is 10.2. The van der Waals surface area contributed by atoms with E-state index in [0.29, 0.717) is 22.8 Å². The molecule has 0 aliphatic rings. The van der Waals surface area contributed by atoms with Crippen LogP contribution >= 0.6 is 0 Å². The molecule has 0 aliphatic heterocycles. The van der Waals surface area contributed by atoms with Crippen molar-refractivity contribution in [1.82, 2.24) is 10.4 Å². The Balaban J connectivity index is 1.99. The van der Waals surface area contributed by atoms with Crippen LogP contribution < -0.4 is 21.3 Å². The molecule has 2 aromatic rings. The molecule has 6 heteroatoms. The van der Waals surface area contributed by atoms with Crippen LogP contribution in [-0.2, 0) is 0 Å². The minimum atomic E-state index is -0.285. The third-order valence-corrected chi connectivity index (χ3v) is 2.49. The number of carbonyl (C=O) groups excluding carboxylic acids is 1. The predicted molar refractivity (Wildman–Crippen MR) is 72.7 cm³/mol. The van der Waals surface area contributed by atoms with Gasteiger partial charge in [-0.2, -0.15) is 0 Å². The molecule has 1 aromatic heterocycles. The summed E-state index contributed by atoms with van der Waals surface area (Å²) < 4.78 is 5.02. The number of nitrogens with one attached hydrogen (secondary N) is 2. The second-order valence-electron chi connectivity index (χ2n) is 3.75. The van der Waals surface area contributed by atoms with Crippen LogP contribution in [0.1, 0.15) is 10.4 Å². The Labute approximate surface area is 110 Å². The van der Waals surface area contributed by atoms with E-state index in [9.17, 15) is 4.79 Å². The summed E-state index contributed by atoms with van der Waals surface area (Å²) in [5, 5.41) is 0. The van der Waals surface area contributed by atoms with Gasteiger partial charge in [0.15, 0.2) is 5.82 Å². The van der Waals surface area contributed by atoms with Crippen molar-refractivity contribution in [2.24, 2.45) is 0 Å². The predicted octanol–water partition coefficient (Wildman–Crippen LogP) is 1.43. The van der Waals surface area contributed by atoms with Gasteiger partial charge in [0.2, 0.25) is 0 Å². The van der Waals surface area contributed by atoms with Crippen LogP contribution in [0.4, 0.5) is 11.5 Å². The summed E-state index contributed by atoms with van der Waals surface area (Å²) in [7, 11) is 1.57. The molecule has 98 valence electrons. The van der Waals surface area contributed by atoms with E-state index in [0.717, 1.165) is 0 Å². The molecular weight excluding hydrogens is 244 g/mol. The number of nitrogens with zero attached hydrogens (tertiary/aromatic N) is 1. The number of hydrogen-bond donors (Lipinski definition) is 3. The van der Waals surface area contributed by atoms with Gasteiger partial charge in [0.05, 0.1) is 12.8 Å². The number of pyridine rings is 1. The Morgan fingerprint density at radius 1 is 1.26 bits per heavy atom. The van der Waals surface area contributed by atoms with E-state index in [1.807, 2.05) is 0 Å². The number of aromatic nitrogens is 1. The second-order valence-corrected chi connectivity index (χ2v) is 3.75. The molecule has 0 atom stereocenters. The van der Waals surface area contributed by atoms with E-state index in [2.05, 4.69) is 15.8 Å². The van der Waals surface area contributed by atoms with Gasteiger partial charge >= 0.3 is 0 Å². The molecule has 1 aromatic carbocycles. The molecule has 19 heavy (non-hydrogen) atoms. The van der Waals surface area contributed by atoms with Gasteiger partial charge in [0.25, 0.3) is 5.91 Å². The van der Waals surface area contributed by atoms with Gasteiger partial charge in [-0.1, -0.05) is 0 Å². The van der Waals surface area contributed by atoms with Crippen molar-refractivity contribution in [2.45, 2.75) is 0 Å². The Morgan fingerprint density at radius 2 is 2.00 bits per heavy atom. The maximum absolute atomic E-state index is 11.8. The van der Waals surface area contributed by atoms with Gasteiger partial charge in [-0.25, -0.2) is 4.98 Å². The second kappa shape index (κ2) is 5.72. The molecule has 0 bridgehead atoms. The van der Waals surface area contributed by atoms with E-state index in [1.54, 1.807) is 49.7 Å². The first-order valence-corrected chi connectivity index (χ1v) is 5.61. The summed E-state index contributed by atoms with van der Waals surface area (Å²) in [5.41, 5.74) is 11.8. The monoisotopic (exact) mass is 258 g/mol. The Morgan fingerprint density at radius 3 is 2.63 bits per heavy atom. The van der Waals surface area contributed by atoms with Gasteiger partial charge in [0, 0.05) is 11.8 Å². The van der Waals surface area contributed by atoms with Crippen LogP contribution in [-0.4, -0.2) is 18.0 Å². The van der Waals surface area contributed by atoms with Gasteiger partial charge in [-0.05, 0) is 36.4 Å². The van der Waals surface area contributed by atoms with Crippen LogP contribution in [0.3, 0.4) is 0 Å². The molecule has 0 radical (unpaired) electrons. The smallest absolute Gasteiger partial charge is 0.269 e. The highest BCUT2D eigenvalue weighted by Crippen LogP contribution is 2.13. The van der Waals surface area contributed by atoms with Crippen molar-refractivity contribution in [1.29, 1.82) is 0 Å². The highest BCUT2D eigenvalue weighted by molar-refractivity contribution is 5.95. The fourth-order valence-electron chi connectivity index (χ4n) is 1.45. The number of carbonyl (C=O) groups is 1. The number of benzene rings is 1. The number of anilines is 2. The number of ether oxygens (including phenoxy) is 1. The molecule has 0 spiro atoms. The number of methoxy groups -OCH3 is 1. The zero-order valence-electron chi connectivity index (χ0n) is 10.4. The maximum atomic E-state index is 11.8. The summed E-state index contributed by atoms with van der Waals surface area (Å²) in [5.74, 6) is 0.815. The molecular formula is C13H14N4O2. The lowest BCUT2D eigenvalue weighted by atomic mass is 10.2. The fourth-order valence-corrected chi connectivity index (χ4v) is 1.45. The van der Waals surface area contributed by atoms with E-state index < -0.39 is 0 Å². The molecule has 0 unspecified atom stereocenters. The van der Waals surface area contributed by atoms with Gasteiger partial charge in [0.1, 0.15) is 5.75 Å². The van der Waals surface area contributed by atoms with Crippen molar-refractivity contribution < 1.29 is 9.53 Å². The summed E-state index contributed by atoms with van der Waals surface area (Å²) >= 11 is 0. The van der Waals surface area contributed by atoms with Crippen LogP contribution in [0, 0.1) is 0 Å². The molecule has 0 saturated heterocycles. The largest absolute Gasteiger partial charge is 0.497 e. The third kappa shape index (κ3) is 3.12. The molecule has 4 N–H and O–H groups in total. The number of nitrogen functional groups attached to an aromatic ring is 1. The van der Waals surface area contributed by atoms with Gasteiger partial charge < -0.3 is 10.5 Å². The molecule has 0 fully saturated rings. The molecule has 0 aliphatic carbocycles. The first kappa shape index (κ1) is 12.7. The molecule has 1 amide bonds. The summed E-state index contributed by atoms with van der Waals surface area (Å²) in [4.78, 5) is 15.8. The lowest BCUT2D eigenvalue weighted by Gasteiger charge is -2.09. The zero-order chi connectivity index (χ0) is 13.7. The van der Waals surface area contributed by atoms with Crippen molar-refractivity contribution >= 4 is 17.4 Å². The molecule has 2 rings (SSSR count). The van der Waals surface area contributed by atoms with Crippen LogP contribution in [0.15, 0.2) is 42.6 Å². The quantitative estimate of drug-likeness (QED) is 0.722. The van der Waals surface area contributed by atoms with E-state index in [1.165, 1.54) is 0 Å². The van der Waals surface area contributed by atoms with Crippen LogP contribution in [0.5, 0.6) is 5.75 Å². The first-order valence-electron chi connectivity index (χ1n) is 5.61. The third-order valence-electron chi connectivity index (χ3n) is 2.49. The van der Waals surface area contributed by atoms with Crippen molar-refractivity contribution in [3.63, 3.8) is 0 Å². The fraction of sp³-hybridized carbons (Fsp3) is 0.0769. The highest BCUT2D eigenvalue weighted by atomic mass is 16.5. The van der Waals surface area contributed by atoms with Crippen LogP contribution in [0.25, 0.3) is 0 Å². The SMILES string of the molecule is COc1ccc(C(=O)NNc2ncccc2N)cc1. The average molecular weight is 258 g/mol. The number of hydrazine groups is 1. The maximum Gasteiger partial charge on any atom is 0.269 e. The Hall–Kier alpha value is -2.76. The van der Waals surface area contributed by atoms with E-state index in [4.69, 9.17) is 10.5 Å². The summed E-state index contributed by atoms with van der Waals surface area (Å²) in [6.07, 6.45) is 1.58. The minimum absolute atomic E-state index is 0.285. The molecule has 6 nitrogen and oxygen atoms in total. The minimum Gasteiger partial charge on any atom is -0.497 e. The van der Waals surface area contributed by atoms with Crippen molar-refractivity contribution in [3.8, 4) is 5.75 Å². The lowest BCUT2D eigenvalue weighted by molar-refractivity contribution is 0.0962. The van der Waals surface area contributed by atoms with E-state index >= 15 is 0 Å². The zero-order valence-corrected chi connectivity index (χ0v) is 10.4. The Bertz CT molecular complexity index is 569. The van der Waals surface area contributed by atoms with Crippen molar-refractivity contribution in [2.75, 3.05) is 18.3 Å². The normalized spacial score (nSPS) is 9.74. The number of hydrogen-bond acceptors (Lipinski definition) is 5.